The molecule has 0 saturated carbocycles. The van der Waals surface area contributed by atoms with Crippen molar-refractivity contribution in [1.82, 2.24) is 24.6 Å². The molecule has 4 aromatic rings. The molecular weight excluding hydrogens is 769 g/mol. The minimum atomic E-state index is -5.60. The average molecular weight is 814 g/mol. The third-order valence-corrected chi connectivity index (χ3v) is 12.0. The number of phosphoric ester groups is 1. The first kappa shape index (κ1) is 43.2. The highest BCUT2D eigenvalue weighted by molar-refractivity contribution is 7.63. The van der Waals surface area contributed by atoms with Crippen LogP contribution < -0.4 is 20.2 Å². The molecule has 0 spiro atoms. The second kappa shape index (κ2) is 18.9. The Labute approximate surface area is 317 Å². The minimum Gasteiger partial charge on any atom is -0.756 e. The number of phosphoric acid groups is 1. The van der Waals surface area contributed by atoms with Gasteiger partial charge in [-0.2, -0.15) is 15.1 Å². The Kier molecular flexibility index (Phi) is 15.1. The van der Waals surface area contributed by atoms with Crippen LogP contribution in [0.25, 0.3) is 11.2 Å². The van der Waals surface area contributed by atoms with Crippen molar-refractivity contribution in [2.24, 2.45) is 5.92 Å². The quantitative estimate of drug-likeness (QED) is 0.0642. The highest BCUT2D eigenvalue weighted by Gasteiger charge is 2.47. The fraction of sp³-hybridized carbons (Fsp3) is 0.471. The van der Waals surface area contributed by atoms with Crippen LogP contribution >= 0.6 is 27.2 Å². The summed E-state index contributed by atoms with van der Waals surface area (Å²) in [4.78, 5) is 37.7. The molecule has 5 rings (SSSR count). The number of ether oxygens (including phenoxy) is 2. The summed E-state index contributed by atoms with van der Waals surface area (Å²) < 4.78 is 69.2. The van der Waals surface area contributed by atoms with E-state index in [0.717, 1.165) is 16.8 Å². The van der Waals surface area contributed by atoms with Gasteiger partial charge in [0.2, 0.25) is 5.28 Å². The van der Waals surface area contributed by atoms with Crippen molar-refractivity contribution in [3.05, 3.63) is 77.8 Å². The number of benzene rings is 2. The van der Waals surface area contributed by atoms with Crippen LogP contribution in [-0.4, -0.2) is 61.1 Å². The number of rotatable bonds is 16. The summed E-state index contributed by atoms with van der Waals surface area (Å²) in [5.41, 5.74) is 4.73. The zero-order valence-corrected chi connectivity index (χ0v) is 33.0. The van der Waals surface area contributed by atoms with E-state index in [4.69, 9.17) is 40.2 Å². The molecule has 6 atom stereocenters. The third-order valence-electron chi connectivity index (χ3n) is 8.43. The molecule has 0 bridgehead atoms. The van der Waals surface area contributed by atoms with Crippen molar-refractivity contribution >= 4 is 50.1 Å². The molecule has 2 aromatic carbocycles. The topological polar surface area (TPSA) is 222 Å². The monoisotopic (exact) mass is 813 g/mol. The zero-order chi connectivity index (χ0) is 39.7. The van der Waals surface area contributed by atoms with Crippen LogP contribution in [0.5, 0.6) is 5.75 Å². The maximum Gasteiger partial charge on any atom is 0.466 e. The second-order valence-electron chi connectivity index (χ2n) is 12.8. The van der Waals surface area contributed by atoms with Crippen molar-refractivity contribution in [2.45, 2.75) is 90.6 Å². The normalized spacial score (nSPS) is 20.9. The van der Waals surface area contributed by atoms with Crippen molar-refractivity contribution in [1.29, 1.82) is 0 Å². The fourth-order valence-electron chi connectivity index (χ4n) is 5.32. The number of nitrogens with zero attached hydrogens (tertiary/aromatic N) is 4. The number of esters is 1. The molecule has 0 aliphatic carbocycles. The van der Waals surface area contributed by atoms with Gasteiger partial charge in [-0.15, -0.1) is 0 Å². The van der Waals surface area contributed by atoms with Gasteiger partial charge in [0.25, 0.3) is 7.82 Å². The molecule has 1 saturated heterocycles. The number of hydrogen-bond donors (Lipinski definition) is 3. The van der Waals surface area contributed by atoms with Gasteiger partial charge in [-0.05, 0) is 49.1 Å². The lowest BCUT2D eigenvalue weighted by atomic mass is 10.0. The number of halogens is 2. The molecule has 1 aliphatic heterocycles. The van der Waals surface area contributed by atoms with E-state index < -0.39 is 58.3 Å². The highest BCUT2D eigenvalue weighted by Crippen LogP contribution is 2.59. The molecule has 2 aromatic heterocycles. The Bertz CT molecular complexity index is 1920. The van der Waals surface area contributed by atoms with Gasteiger partial charge in [0.1, 0.15) is 35.6 Å². The van der Waals surface area contributed by atoms with E-state index in [1.807, 2.05) is 0 Å². The summed E-state index contributed by atoms with van der Waals surface area (Å²) in [6.45, 7) is 8.24. The predicted octanol–water partition coefficient (Wildman–Crippen LogP) is 6.29. The Morgan fingerprint density at radius 3 is 2.30 bits per heavy atom. The van der Waals surface area contributed by atoms with Gasteiger partial charge in [0.15, 0.2) is 23.9 Å². The number of aliphatic hydroxyl groups excluding tert-OH is 1. The Balaban J connectivity index is 0.000000845. The van der Waals surface area contributed by atoms with Crippen LogP contribution in [0.2, 0.25) is 5.28 Å². The molecule has 1 aliphatic rings. The highest BCUT2D eigenvalue weighted by atomic mass is 35.5. The van der Waals surface area contributed by atoms with Gasteiger partial charge < -0.3 is 34.3 Å². The molecule has 3 unspecified atom stereocenters. The molecule has 16 nitrogen and oxygen atoms in total. The lowest BCUT2D eigenvalue weighted by Gasteiger charge is -2.33. The minimum absolute atomic E-state index is 0.00303. The van der Waals surface area contributed by atoms with E-state index in [9.17, 15) is 23.9 Å². The third kappa shape index (κ3) is 11.5. The molecule has 54 heavy (non-hydrogen) atoms. The second-order valence-corrected chi connectivity index (χ2v) is 16.4. The number of para-hydroxylation sites is 1. The summed E-state index contributed by atoms with van der Waals surface area (Å²) in [5, 5.41) is 12.6. The standard InChI is InChI=1S/C27H30ClFN6O10P2.C7H16/c1-27(2,25(37)41-13-16-9-5-3-6-10-16)34-46(38,44-17-11-7-4-8-12-17)45-47(39,40)42-14-18-21(36)19(29)24(43-18)35-15-31-20-22(30)32-26(28)33-23(20)35;1-4-7(5-2)6-3/h3-12,15,18-19,21,24,36H,13-14H2,1-2H3,(H,34,38)(H,39,40)(H2,30,32,33);7H,4-6H2,1-3H3/p-1/t18-,19-,21?,24-,46?;/m1./s1. The van der Waals surface area contributed by atoms with Crippen LogP contribution in [0.3, 0.4) is 0 Å². The van der Waals surface area contributed by atoms with Gasteiger partial charge in [-0.25, -0.2) is 18.3 Å². The molecule has 4 N–H and O–H groups in total. The number of aromatic nitrogens is 4. The Morgan fingerprint density at radius 1 is 1.09 bits per heavy atom. The molecule has 3 heterocycles. The molecule has 1 fully saturated rings. The van der Waals surface area contributed by atoms with Crippen LogP contribution in [0.15, 0.2) is 67.0 Å². The molecular formula is C34H45ClFN6O10P2-. The maximum absolute atomic E-state index is 15.2. The van der Waals surface area contributed by atoms with E-state index in [2.05, 4.69) is 40.8 Å². The number of carbonyl (C=O) groups is 1. The summed E-state index contributed by atoms with van der Waals surface area (Å²) in [6.07, 6.45) is -1.92. The fourth-order valence-corrected chi connectivity index (χ4v) is 8.58. The maximum atomic E-state index is 15.2. The first-order valence-corrected chi connectivity index (χ1v) is 20.5. The van der Waals surface area contributed by atoms with Crippen molar-refractivity contribution < 1.29 is 51.1 Å². The van der Waals surface area contributed by atoms with Gasteiger partial charge in [0, 0.05) is 0 Å². The number of imidazole rings is 1. The van der Waals surface area contributed by atoms with Crippen molar-refractivity contribution in [3.63, 3.8) is 0 Å². The van der Waals surface area contributed by atoms with Gasteiger partial charge in [0.05, 0.1) is 12.9 Å². The summed E-state index contributed by atoms with van der Waals surface area (Å²) in [6, 6.07) is 16.1. The van der Waals surface area contributed by atoms with Crippen LogP contribution in [0, 0.1) is 5.92 Å². The first-order chi connectivity index (χ1) is 25.5. The number of aliphatic hydroxyl groups is 1. The molecule has 20 heteroatoms. The van der Waals surface area contributed by atoms with Crippen LogP contribution in [-0.2, 0) is 38.8 Å². The lowest BCUT2D eigenvalue weighted by molar-refractivity contribution is -0.220. The van der Waals surface area contributed by atoms with E-state index >= 15 is 4.39 Å². The summed E-state index contributed by atoms with van der Waals surface area (Å²) >= 11 is 5.86. The van der Waals surface area contributed by atoms with Crippen molar-refractivity contribution in [2.75, 3.05) is 12.3 Å². The van der Waals surface area contributed by atoms with E-state index in [0.29, 0.717) is 5.56 Å². The first-order valence-electron chi connectivity index (χ1n) is 17.2. The number of anilines is 1. The van der Waals surface area contributed by atoms with Gasteiger partial charge in [-0.1, -0.05) is 88.6 Å². The molecule has 296 valence electrons. The molecule has 0 radical (unpaired) electrons. The SMILES string of the molecule is CC(C)(NP(=O)(Oc1ccccc1)OP(=O)([O-])OC[C@H]1O[C@@H](n2cnc3c(N)nc(Cl)nc32)[C@H](F)C1O)C(=O)OCc1ccccc1.CCC(CC)CC. The van der Waals surface area contributed by atoms with Crippen molar-refractivity contribution in [3.8, 4) is 5.75 Å². The number of nitrogen functional groups attached to an aromatic ring is 1. The van der Waals surface area contributed by atoms with E-state index in [-0.39, 0.29) is 34.6 Å². The Morgan fingerprint density at radius 2 is 1.70 bits per heavy atom. The lowest BCUT2D eigenvalue weighted by Crippen LogP contribution is -2.47. The van der Waals surface area contributed by atoms with Crippen LogP contribution in [0.1, 0.15) is 65.7 Å². The smallest absolute Gasteiger partial charge is 0.466 e. The number of nitrogens with two attached hydrogens (primary N) is 1. The predicted molar refractivity (Wildman–Crippen MR) is 197 cm³/mol. The average Bonchev–Trinajstić information content (AvgIpc) is 3.67. The number of carbonyl (C=O) groups excluding carboxylic acids is 1. The summed E-state index contributed by atoms with van der Waals surface area (Å²) in [5.74, 6) is -0.0849. The molecule has 0 amide bonds. The zero-order valence-electron chi connectivity index (χ0n) is 30.4. The largest absolute Gasteiger partial charge is 0.756 e. The number of fused-ring (bicyclic) bond motifs is 1. The van der Waals surface area contributed by atoms with Gasteiger partial charge >= 0.3 is 13.7 Å². The van der Waals surface area contributed by atoms with Gasteiger partial charge in [-0.3, -0.25) is 13.9 Å². The number of hydrogen-bond acceptors (Lipinski definition) is 14. The summed E-state index contributed by atoms with van der Waals surface area (Å²) in [7, 11) is -10.6. The number of nitrogens with one attached hydrogen (secondary N) is 1. The van der Waals surface area contributed by atoms with E-state index in [1.54, 1.807) is 36.4 Å². The van der Waals surface area contributed by atoms with Crippen LogP contribution in [0.4, 0.5) is 10.2 Å². The van der Waals surface area contributed by atoms with E-state index in [1.165, 1.54) is 57.4 Å². The number of alkyl halides is 1. The Hall–Kier alpha value is -3.50.